The van der Waals surface area contributed by atoms with Crippen molar-refractivity contribution in [2.45, 2.75) is 6.18 Å². The summed E-state index contributed by atoms with van der Waals surface area (Å²) in [6.45, 7) is 0. The van der Waals surface area contributed by atoms with Crippen molar-refractivity contribution in [1.29, 1.82) is 0 Å². The third kappa shape index (κ3) is 1.50. The molecule has 14 heavy (non-hydrogen) atoms. The van der Waals surface area contributed by atoms with Gasteiger partial charge in [0.05, 0.1) is 0 Å². The summed E-state index contributed by atoms with van der Waals surface area (Å²) in [5.41, 5.74) is -0.869. The van der Waals surface area contributed by atoms with E-state index in [2.05, 4.69) is 25.3 Å². The number of nitrogens with zero attached hydrogens (tertiary/aromatic N) is 1. The standard InChI is InChI=1S/C8H3BrF3NO/c9-4-1-5(8(10,11)12)7-6(2-4)13-3-14-7/h1-3H. The van der Waals surface area contributed by atoms with Crippen LogP contribution in [0, 0.1) is 0 Å². The highest BCUT2D eigenvalue weighted by atomic mass is 79.9. The highest BCUT2D eigenvalue weighted by Gasteiger charge is 2.34. The van der Waals surface area contributed by atoms with E-state index >= 15 is 0 Å². The molecule has 2 aromatic rings. The van der Waals surface area contributed by atoms with Gasteiger partial charge in [-0.15, -0.1) is 0 Å². The molecule has 74 valence electrons. The summed E-state index contributed by atoms with van der Waals surface area (Å²) in [6.07, 6.45) is -3.44. The first-order valence-corrected chi connectivity index (χ1v) is 4.38. The molecule has 2 nitrogen and oxygen atoms in total. The fraction of sp³-hybridized carbons (Fsp3) is 0.125. The van der Waals surface area contributed by atoms with E-state index in [0.29, 0.717) is 4.47 Å². The molecule has 0 aliphatic heterocycles. The summed E-state index contributed by atoms with van der Waals surface area (Å²) >= 11 is 2.98. The molecule has 1 aromatic carbocycles. The Kier molecular flexibility index (Phi) is 2.02. The van der Waals surface area contributed by atoms with Crippen molar-refractivity contribution in [3.63, 3.8) is 0 Å². The zero-order valence-electron chi connectivity index (χ0n) is 6.60. The number of hydrogen-bond acceptors (Lipinski definition) is 2. The molecule has 0 spiro atoms. The molecular formula is C8H3BrF3NO. The van der Waals surface area contributed by atoms with Gasteiger partial charge >= 0.3 is 6.18 Å². The van der Waals surface area contributed by atoms with Gasteiger partial charge in [-0.25, -0.2) is 4.98 Å². The van der Waals surface area contributed by atoms with Crippen LogP contribution in [0.5, 0.6) is 0 Å². The molecule has 0 radical (unpaired) electrons. The summed E-state index contributed by atoms with van der Waals surface area (Å²) in [4.78, 5) is 3.66. The first kappa shape index (κ1) is 9.51. The van der Waals surface area contributed by atoms with Crippen LogP contribution in [-0.4, -0.2) is 4.98 Å². The summed E-state index contributed by atoms with van der Waals surface area (Å²) < 4.78 is 42.4. The molecule has 0 atom stereocenters. The fourth-order valence-corrected chi connectivity index (χ4v) is 1.59. The monoisotopic (exact) mass is 265 g/mol. The van der Waals surface area contributed by atoms with E-state index in [1.165, 1.54) is 6.07 Å². The molecule has 0 bridgehead atoms. The first-order valence-electron chi connectivity index (χ1n) is 3.58. The zero-order valence-corrected chi connectivity index (χ0v) is 8.19. The van der Waals surface area contributed by atoms with Crippen LogP contribution in [0.1, 0.15) is 5.56 Å². The normalized spacial score (nSPS) is 12.3. The minimum atomic E-state index is -4.43. The second-order valence-corrected chi connectivity index (χ2v) is 3.57. The van der Waals surface area contributed by atoms with Gasteiger partial charge < -0.3 is 4.42 Å². The van der Waals surface area contributed by atoms with Crippen molar-refractivity contribution < 1.29 is 17.6 Å². The van der Waals surface area contributed by atoms with Crippen LogP contribution in [0.3, 0.4) is 0 Å². The molecule has 0 saturated heterocycles. The minimum absolute atomic E-state index is 0.187. The van der Waals surface area contributed by atoms with E-state index in [-0.39, 0.29) is 11.1 Å². The molecule has 0 saturated carbocycles. The number of oxazole rings is 1. The molecule has 2 rings (SSSR count). The number of halogens is 4. The molecule has 1 aromatic heterocycles. The maximum absolute atomic E-state index is 12.5. The largest absolute Gasteiger partial charge is 0.443 e. The molecule has 0 amide bonds. The topological polar surface area (TPSA) is 26.0 Å². The highest BCUT2D eigenvalue weighted by Crippen LogP contribution is 2.36. The molecule has 0 unspecified atom stereocenters. The Morgan fingerprint density at radius 3 is 2.64 bits per heavy atom. The maximum Gasteiger partial charge on any atom is 0.420 e. The third-order valence-electron chi connectivity index (χ3n) is 1.70. The number of fused-ring (bicyclic) bond motifs is 1. The van der Waals surface area contributed by atoms with Crippen molar-refractivity contribution in [2.24, 2.45) is 0 Å². The van der Waals surface area contributed by atoms with Gasteiger partial charge in [0.25, 0.3) is 0 Å². The predicted molar refractivity (Wildman–Crippen MR) is 46.7 cm³/mol. The van der Waals surface area contributed by atoms with Crippen LogP contribution >= 0.6 is 15.9 Å². The van der Waals surface area contributed by atoms with Crippen LogP contribution in [0.4, 0.5) is 13.2 Å². The molecule has 1 heterocycles. The third-order valence-corrected chi connectivity index (χ3v) is 2.16. The number of aromatic nitrogens is 1. The molecule has 0 aliphatic carbocycles. The number of benzene rings is 1. The zero-order chi connectivity index (χ0) is 10.3. The van der Waals surface area contributed by atoms with Gasteiger partial charge in [-0.3, -0.25) is 0 Å². The lowest BCUT2D eigenvalue weighted by molar-refractivity contribution is -0.136. The van der Waals surface area contributed by atoms with Crippen LogP contribution < -0.4 is 0 Å². The quantitative estimate of drug-likeness (QED) is 0.728. The van der Waals surface area contributed by atoms with Crippen molar-refractivity contribution >= 4 is 27.0 Å². The maximum atomic E-state index is 12.5. The van der Waals surface area contributed by atoms with E-state index in [1.54, 1.807) is 0 Å². The molecule has 0 aliphatic rings. The van der Waals surface area contributed by atoms with E-state index in [1.807, 2.05) is 0 Å². The van der Waals surface area contributed by atoms with Gasteiger partial charge in [0, 0.05) is 4.47 Å². The Balaban J connectivity index is 2.80. The molecule has 0 N–H and O–H groups in total. The second kappa shape index (κ2) is 2.98. The summed E-state index contributed by atoms with van der Waals surface area (Å²) in [7, 11) is 0. The van der Waals surface area contributed by atoms with Crippen molar-refractivity contribution in [1.82, 2.24) is 4.98 Å². The summed E-state index contributed by atoms with van der Waals surface area (Å²) in [6, 6.07) is 2.43. The van der Waals surface area contributed by atoms with Crippen molar-refractivity contribution in [3.8, 4) is 0 Å². The Hall–Kier alpha value is -1.04. The lowest BCUT2D eigenvalue weighted by Crippen LogP contribution is -2.05. The Morgan fingerprint density at radius 1 is 1.29 bits per heavy atom. The van der Waals surface area contributed by atoms with Gasteiger partial charge in [-0.1, -0.05) is 15.9 Å². The van der Waals surface area contributed by atoms with E-state index in [0.717, 1.165) is 12.5 Å². The van der Waals surface area contributed by atoms with Gasteiger partial charge in [0.15, 0.2) is 12.0 Å². The molecule has 6 heteroatoms. The van der Waals surface area contributed by atoms with Crippen LogP contribution in [0.15, 0.2) is 27.4 Å². The average molecular weight is 266 g/mol. The minimum Gasteiger partial charge on any atom is -0.443 e. The van der Waals surface area contributed by atoms with Gasteiger partial charge in [-0.2, -0.15) is 13.2 Å². The van der Waals surface area contributed by atoms with E-state index in [4.69, 9.17) is 0 Å². The molecular weight excluding hydrogens is 263 g/mol. The van der Waals surface area contributed by atoms with Gasteiger partial charge in [0.2, 0.25) is 0 Å². The van der Waals surface area contributed by atoms with Crippen LogP contribution in [0.25, 0.3) is 11.1 Å². The average Bonchev–Trinajstić information content (AvgIpc) is 2.47. The Morgan fingerprint density at radius 2 is 2.00 bits per heavy atom. The summed E-state index contributed by atoms with van der Waals surface area (Å²) in [5.74, 6) is 0. The number of rotatable bonds is 0. The number of alkyl halides is 3. The highest BCUT2D eigenvalue weighted by molar-refractivity contribution is 9.10. The predicted octanol–water partition coefficient (Wildman–Crippen LogP) is 3.61. The van der Waals surface area contributed by atoms with Gasteiger partial charge in [0.1, 0.15) is 11.1 Å². The lowest BCUT2D eigenvalue weighted by atomic mass is 10.2. The smallest absolute Gasteiger partial charge is 0.420 e. The van der Waals surface area contributed by atoms with Crippen LogP contribution in [0.2, 0.25) is 0 Å². The van der Waals surface area contributed by atoms with Crippen molar-refractivity contribution in [2.75, 3.05) is 0 Å². The lowest BCUT2D eigenvalue weighted by Gasteiger charge is -2.06. The molecule has 0 fully saturated rings. The van der Waals surface area contributed by atoms with Crippen LogP contribution in [-0.2, 0) is 6.18 Å². The Bertz CT molecular complexity index is 477. The number of hydrogen-bond donors (Lipinski definition) is 0. The van der Waals surface area contributed by atoms with E-state index < -0.39 is 11.7 Å². The fourth-order valence-electron chi connectivity index (χ4n) is 1.15. The van der Waals surface area contributed by atoms with E-state index in [9.17, 15) is 13.2 Å². The SMILES string of the molecule is FC(F)(F)c1cc(Br)cc2ncoc12. The van der Waals surface area contributed by atoms with Crippen molar-refractivity contribution in [3.05, 3.63) is 28.6 Å². The van der Waals surface area contributed by atoms with Gasteiger partial charge in [-0.05, 0) is 12.1 Å². The summed E-state index contributed by atoms with van der Waals surface area (Å²) in [5, 5.41) is 0. The second-order valence-electron chi connectivity index (χ2n) is 2.65. The Labute approximate surface area is 84.9 Å². The first-order chi connectivity index (χ1) is 6.48.